The average Bonchev–Trinajstić information content (AvgIpc) is 2.56. The third kappa shape index (κ3) is 8.11. The highest BCUT2D eigenvalue weighted by Crippen LogP contribution is 2.05. The zero-order valence-electron chi connectivity index (χ0n) is 13.1. The molecule has 2 atom stereocenters. The van der Waals surface area contributed by atoms with Crippen molar-refractivity contribution in [2.24, 2.45) is 5.73 Å². The first-order chi connectivity index (χ1) is 11.0. The van der Waals surface area contributed by atoms with Crippen molar-refractivity contribution in [3.05, 3.63) is 71.8 Å². The molecule has 5 nitrogen and oxygen atoms in total. The van der Waals surface area contributed by atoms with E-state index in [-0.39, 0.29) is 0 Å². The number of aliphatic hydroxyl groups excluding tert-OH is 1. The molecule has 23 heavy (non-hydrogen) atoms. The molecule has 0 aliphatic rings. The van der Waals surface area contributed by atoms with Crippen molar-refractivity contribution >= 4 is 5.97 Å². The van der Waals surface area contributed by atoms with Gasteiger partial charge in [0.1, 0.15) is 6.04 Å². The summed E-state index contributed by atoms with van der Waals surface area (Å²) in [5.41, 5.74) is 7.34. The number of aliphatic carboxylic acids is 1. The van der Waals surface area contributed by atoms with E-state index in [4.69, 9.17) is 20.7 Å². The van der Waals surface area contributed by atoms with Gasteiger partial charge in [0.2, 0.25) is 0 Å². The number of carbonyl (C=O) groups is 1. The van der Waals surface area contributed by atoms with Crippen LogP contribution in [0.3, 0.4) is 0 Å². The molecule has 4 N–H and O–H groups in total. The van der Waals surface area contributed by atoms with Crippen LogP contribution in [-0.4, -0.2) is 28.3 Å². The minimum Gasteiger partial charge on any atom is -0.480 e. The molecule has 2 rings (SSSR count). The van der Waals surface area contributed by atoms with Crippen LogP contribution >= 0.6 is 0 Å². The van der Waals surface area contributed by atoms with Crippen LogP contribution < -0.4 is 5.73 Å². The van der Waals surface area contributed by atoms with E-state index < -0.39 is 18.1 Å². The van der Waals surface area contributed by atoms with E-state index in [1.807, 2.05) is 36.4 Å². The first kappa shape index (κ1) is 18.8. The average molecular weight is 317 g/mol. The summed E-state index contributed by atoms with van der Waals surface area (Å²) in [4.78, 5) is 9.86. The molecule has 5 heteroatoms. The monoisotopic (exact) mass is 317 g/mol. The maximum atomic E-state index is 9.86. The number of carboxylic acid groups (broad SMARTS) is 1. The molecular formula is C18H23NO4. The Labute approximate surface area is 136 Å². The van der Waals surface area contributed by atoms with Crippen LogP contribution in [0, 0.1) is 0 Å². The Hall–Kier alpha value is -2.21. The minimum atomic E-state index is -1.18. The standard InChI is InChI=1S/C14H14O.C4H9NO3/c1-3-7-13(8-4-1)11-15-12-14-9-5-2-6-10-14;1-2(6)3(5)4(7)8/h1-10H,11-12H2;2-3,6H,5H2,1H3,(H,7,8)/t;2-,3+/m.1/s1. The summed E-state index contributed by atoms with van der Waals surface area (Å²) in [6.07, 6.45) is -0.979. The van der Waals surface area contributed by atoms with E-state index >= 15 is 0 Å². The SMILES string of the molecule is C[C@@H](O)[C@H](N)C(=O)O.c1ccc(COCc2ccccc2)cc1. The van der Waals surface area contributed by atoms with Crippen LogP contribution in [0.15, 0.2) is 60.7 Å². The van der Waals surface area contributed by atoms with Crippen molar-refractivity contribution in [1.29, 1.82) is 0 Å². The Morgan fingerprint density at radius 3 is 1.65 bits per heavy atom. The molecule has 0 saturated heterocycles. The zero-order chi connectivity index (χ0) is 17.1. The third-order valence-electron chi connectivity index (χ3n) is 3.03. The molecule has 0 fully saturated rings. The molecule has 2 aromatic rings. The summed E-state index contributed by atoms with van der Waals surface area (Å²) in [7, 11) is 0. The second-order valence-corrected chi connectivity index (χ2v) is 5.07. The van der Waals surface area contributed by atoms with Crippen molar-refractivity contribution in [1.82, 2.24) is 0 Å². The molecule has 0 aromatic heterocycles. The van der Waals surface area contributed by atoms with Gasteiger partial charge in [-0.2, -0.15) is 0 Å². The molecular weight excluding hydrogens is 294 g/mol. The molecule has 0 amide bonds. The summed E-state index contributed by atoms with van der Waals surface area (Å²) in [6.45, 7) is 2.68. The van der Waals surface area contributed by atoms with Crippen LogP contribution in [0.1, 0.15) is 18.1 Å². The smallest absolute Gasteiger partial charge is 0.323 e. The van der Waals surface area contributed by atoms with Crippen molar-refractivity contribution in [3.63, 3.8) is 0 Å². The summed E-state index contributed by atoms with van der Waals surface area (Å²) in [5.74, 6) is -1.18. The zero-order valence-corrected chi connectivity index (χ0v) is 13.1. The maximum Gasteiger partial charge on any atom is 0.323 e. The summed E-state index contributed by atoms with van der Waals surface area (Å²) < 4.78 is 5.61. The molecule has 0 radical (unpaired) electrons. The fourth-order valence-corrected chi connectivity index (χ4v) is 1.64. The van der Waals surface area contributed by atoms with Gasteiger partial charge in [-0.05, 0) is 18.1 Å². The maximum absolute atomic E-state index is 9.86. The van der Waals surface area contributed by atoms with Gasteiger partial charge in [0.15, 0.2) is 0 Å². The van der Waals surface area contributed by atoms with Crippen LogP contribution in [0.25, 0.3) is 0 Å². The van der Waals surface area contributed by atoms with Crippen molar-refractivity contribution in [3.8, 4) is 0 Å². The number of aliphatic hydroxyl groups is 1. The highest BCUT2D eigenvalue weighted by molar-refractivity contribution is 5.73. The minimum absolute atomic E-state index is 0.676. The van der Waals surface area contributed by atoms with Gasteiger partial charge in [0, 0.05) is 0 Å². The molecule has 0 spiro atoms. The Morgan fingerprint density at radius 2 is 1.39 bits per heavy atom. The second kappa shape index (κ2) is 10.5. The first-order valence-corrected chi connectivity index (χ1v) is 7.32. The fourth-order valence-electron chi connectivity index (χ4n) is 1.64. The van der Waals surface area contributed by atoms with E-state index in [1.54, 1.807) is 0 Å². The molecule has 0 aliphatic carbocycles. The van der Waals surface area contributed by atoms with Crippen LogP contribution in [-0.2, 0) is 22.7 Å². The lowest BCUT2D eigenvalue weighted by Crippen LogP contribution is -2.39. The number of nitrogens with two attached hydrogens (primary N) is 1. The van der Waals surface area contributed by atoms with Gasteiger partial charge in [-0.1, -0.05) is 60.7 Å². The quantitative estimate of drug-likeness (QED) is 0.759. The van der Waals surface area contributed by atoms with E-state index in [1.165, 1.54) is 18.1 Å². The first-order valence-electron chi connectivity index (χ1n) is 7.32. The number of hydrogen-bond donors (Lipinski definition) is 3. The van der Waals surface area contributed by atoms with Gasteiger partial charge >= 0.3 is 5.97 Å². The number of ether oxygens (including phenoxy) is 1. The Bertz CT molecular complexity index is 518. The van der Waals surface area contributed by atoms with Crippen molar-refractivity contribution in [2.45, 2.75) is 32.3 Å². The van der Waals surface area contributed by atoms with Gasteiger partial charge in [-0.3, -0.25) is 4.79 Å². The number of carboxylic acids is 1. The molecule has 124 valence electrons. The molecule has 0 heterocycles. The van der Waals surface area contributed by atoms with Crippen LogP contribution in [0.2, 0.25) is 0 Å². The van der Waals surface area contributed by atoms with Gasteiger partial charge in [0.05, 0.1) is 19.3 Å². The van der Waals surface area contributed by atoms with E-state index in [0.717, 1.165) is 0 Å². The summed E-state index contributed by atoms with van der Waals surface area (Å²) >= 11 is 0. The van der Waals surface area contributed by atoms with Crippen molar-refractivity contribution in [2.75, 3.05) is 0 Å². The lowest BCUT2D eigenvalue weighted by molar-refractivity contribution is -0.140. The van der Waals surface area contributed by atoms with Gasteiger partial charge < -0.3 is 20.7 Å². The normalized spacial score (nSPS) is 12.7. The Kier molecular flexibility index (Phi) is 8.60. The van der Waals surface area contributed by atoms with E-state index in [9.17, 15) is 4.79 Å². The van der Waals surface area contributed by atoms with E-state index in [0.29, 0.717) is 13.2 Å². The summed E-state index contributed by atoms with van der Waals surface area (Å²) in [6, 6.07) is 19.3. The number of hydrogen-bond acceptors (Lipinski definition) is 4. The Morgan fingerprint density at radius 1 is 1.00 bits per heavy atom. The Balaban J connectivity index is 0.000000284. The second-order valence-electron chi connectivity index (χ2n) is 5.07. The van der Waals surface area contributed by atoms with Crippen molar-refractivity contribution < 1.29 is 19.7 Å². The predicted octanol–water partition coefficient (Wildman–Crippen LogP) is 2.18. The largest absolute Gasteiger partial charge is 0.480 e. The molecule has 2 aromatic carbocycles. The molecule has 0 saturated carbocycles. The highest BCUT2D eigenvalue weighted by Gasteiger charge is 2.16. The molecule has 0 aliphatic heterocycles. The third-order valence-corrected chi connectivity index (χ3v) is 3.03. The van der Waals surface area contributed by atoms with Gasteiger partial charge in [-0.15, -0.1) is 0 Å². The van der Waals surface area contributed by atoms with Gasteiger partial charge in [-0.25, -0.2) is 0 Å². The lowest BCUT2D eigenvalue weighted by Gasteiger charge is -2.06. The van der Waals surface area contributed by atoms with Crippen LogP contribution in [0.4, 0.5) is 0 Å². The van der Waals surface area contributed by atoms with E-state index in [2.05, 4.69) is 24.3 Å². The topological polar surface area (TPSA) is 92.8 Å². The fraction of sp³-hybridized carbons (Fsp3) is 0.278. The number of benzene rings is 2. The lowest BCUT2D eigenvalue weighted by atomic mass is 10.2. The summed E-state index contributed by atoms with van der Waals surface area (Å²) in [5, 5.41) is 16.6. The van der Waals surface area contributed by atoms with Gasteiger partial charge in [0.25, 0.3) is 0 Å². The predicted molar refractivity (Wildman–Crippen MR) is 88.7 cm³/mol. The molecule has 0 unspecified atom stereocenters. The highest BCUT2D eigenvalue weighted by atomic mass is 16.5. The van der Waals surface area contributed by atoms with Crippen LogP contribution in [0.5, 0.6) is 0 Å². The molecule has 0 bridgehead atoms. The number of rotatable bonds is 6.